The van der Waals surface area contributed by atoms with Gasteiger partial charge in [0.05, 0.1) is 4.83 Å². The van der Waals surface area contributed by atoms with E-state index in [1.165, 1.54) is 11.1 Å². The van der Waals surface area contributed by atoms with Gasteiger partial charge < -0.3 is 0 Å². The Morgan fingerprint density at radius 2 is 2.12 bits per heavy atom. The molecule has 1 aromatic rings. The summed E-state index contributed by atoms with van der Waals surface area (Å²) in [4.78, 5) is 11.8. The lowest BCUT2D eigenvalue weighted by molar-refractivity contribution is -0.119. The average molecular weight is 346 g/mol. The fourth-order valence-corrected chi connectivity index (χ4v) is 3.26. The number of carbonyl (C=O) groups excluding carboxylic acids is 1. The van der Waals surface area contributed by atoms with Gasteiger partial charge in [0.15, 0.2) is 0 Å². The summed E-state index contributed by atoms with van der Waals surface area (Å²) in [7, 11) is 0. The first-order chi connectivity index (χ1) is 7.56. The average Bonchev–Trinajstić information content (AvgIpc) is 2.97. The molecule has 0 radical (unpaired) electrons. The summed E-state index contributed by atoms with van der Waals surface area (Å²) >= 11 is 6.99. The number of rotatable bonds is 4. The highest BCUT2D eigenvalue weighted by atomic mass is 79.9. The highest BCUT2D eigenvalue weighted by Crippen LogP contribution is 2.33. The SMILES string of the molecule is Cc1cc(Br)cc(CC(Br)C(=O)C2CC2)c1. The van der Waals surface area contributed by atoms with Crippen molar-refractivity contribution in [2.45, 2.75) is 31.0 Å². The molecule has 0 N–H and O–H groups in total. The lowest BCUT2D eigenvalue weighted by Gasteiger charge is -2.09. The summed E-state index contributed by atoms with van der Waals surface area (Å²) in [5.74, 6) is 0.704. The first kappa shape index (κ1) is 12.3. The van der Waals surface area contributed by atoms with Crippen molar-refractivity contribution in [2.75, 3.05) is 0 Å². The monoisotopic (exact) mass is 344 g/mol. The van der Waals surface area contributed by atoms with Crippen LogP contribution < -0.4 is 0 Å². The summed E-state index contributed by atoms with van der Waals surface area (Å²) in [5, 5.41) is 0. The zero-order valence-electron chi connectivity index (χ0n) is 9.17. The van der Waals surface area contributed by atoms with E-state index in [0.717, 1.165) is 23.7 Å². The van der Waals surface area contributed by atoms with Crippen LogP contribution in [-0.4, -0.2) is 10.6 Å². The lowest BCUT2D eigenvalue weighted by atomic mass is 10.0. The second kappa shape index (κ2) is 5.01. The number of hydrogen-bond acceptors (Lipinski definition) is 1. The number of aryl methyl sites for hydroxylation is 1. The van der Waals surface area contributed by atoms with Crippen molar-refractivity contribution in [3.05, 3.63) is 33.8 Å². The van der Waals surface area contributed by atoms with Gasteiger partial charge in [0, 0.05) is 10.4 Å². The van der Waals surface area contributed by atoms with E-state index in [-0.39, 0.29) is 4.83 Å². The summed E-state index contributed by atoms with van der Waals surface area (Å²) < 4.78 is 1.08. The van der Waals surface area contributed by atoms with E-state index < -0.39 is 0 Å². The van der Waals surface area contributed by atoms with Crippen LogP contribution in [-0.2, 0) is 11.2 Å². The second-order valence-corrected chi connectivity index (χ2v) is 6.51. The molecule has 1 aromatic carbocycles. The molecule has 0 spiro atoms. The molecule has 0 aromatic heterocycles. The standard InChI is InChI=1S/C13H14Br2O/c1-8-4-9(6-11(14)5-8)7-12(15)13(16)10-2-3-10/h4-6,10,12H,2-3,7H2,1H3. The number of carbonyl (C=O) groups is 1. The predicted octanol–water partition coefficient (Wildman–Crippen LogP) is 4.04. The van der Waals surface area contributed by atoms with E-state index in [2.05, 4.69) is 57.0 Å². The van der Waals surface area contributed by atoms with Crippen LogP contribution in [0.4, 0.5) is 0 Å². The van der Waals surface area contributed by atoms with Crippen LogP contribution in [0.25, 0.3) is 0 Å². The number of hydrogen-bond donors (Lipinski definition) is 0. The van der Waals surface area contributed by atoms with E-state index in [1.807, 2.05) is 0 Å². The summed E-state index contributed by atoms with van der Waals surface area (Å²) in [5.41, 5.74) is 2.44. The van der Waals surface area contributed by atoms with Crippen molar-refractivity contribution in [1.82, 2.24) is 0 Å². The molecule has 0 heterocycles. The Bertz CT molecular complexity index is 390. The fourth-order valence-electron chi connectivity index (χ4n) is 1.86. The van der Waals surface area contributed by atoms with Crippen LogP contribution in [0, 0.1) is 12.8 Å². The molecule has 86 valence electrons. The van der Waals surface area contributed by atoms with Gasteiger partial charge in [-0.1, -0.05) is 37.9 Å². The van der Waals surface area contributed by atoms with E-state index in [1.54, 1.807) is 0 Å². The Balaban J connectivity index is 2.04. The number of halogens is 2. The first-order valence-electron chi connectivity index (χ1n) is 5.50. The minimum Gasteiger partial charge on any atom is -0.298 e. The molecule has 1 aliphatic rings. The Morgan fingerprint density at radius 1 is 1.44 bits per heavy atom. The van der Waals surface area contributed by atoms with Gasteiger partial charge in [0.1, 0.15) is 5.78 Å². The van der Waals surface area contributed by atoms with Gasteiger partial charge in [0.2, 0.25) is 0 Å². The van der Waals surface area contributed by atoms with Crippen LogP contribution in [0.15, 0.2) is 22.7 Å². The zero-order valence-corrected chi connectivity index (χ0v) is 12.3. The summed E-state index contributed by atoms with van der Waals surface area (Å²) in [6.07, 6.45) is 2.95. The maximum Gasteiger partial charge on any atom is 0.149 e. The highest BCUT2D eigenvalue weighted by molar-refractivity contribution is 9.10. The summed E-state index contributed by atoms with van der Waals surface area (Å²) in [6, 6.07) is 6.30. The number of ketones is 1. The lowest BCUT2D eigenvalue weighted by Crippen LogP contribution is -2.18. The van der Waals surface area contributed by atoms with E-state index in [9.17, 15) is 4.79 Å². The molecular weight excluding hydrogens is 332 g/mol. The molecule has 2 rings (SSSR count). The third-order valence-corrected chi connectivity index (χ3v) is 4.04. The Kier molecular flexibility index (Phi) is 3.85. The summed E-state index contributed by atoms with van der Waals surface area (Å²) in [6.45, 7) is 2.07. The van der Waals surface area contributed by atoms with E-state index in [4.69, 9.17) is 0 Å². The molecule has 0 saturated heterocycles. The Hall–Kier alpha value is -0.150. The Morgan fingerprint density at radius 3 is 2.69 bits per heavy atom. The predicted molar refractivity (Wildman–Crippen MR) is 73.0 cm³/mol. The molecule has 0 amide bonds. The minimum atomic E-state index is -0.0197. The van der Waals surface area contributed by atoms with Crippen LogP contribution in [0.1, 0.15) is 24.0 Å². The van der Waals surface area contributed by atoms with Gasteiger partial charge in [-0.2, -0.15) is 0 Å². The maximum absolute atomic E-state index is 11.8. The highest BCUT2D eigenvalue weighted by Gasteiger charge is 2.33. The molecule has 0 aliphatic heterocycles. The van der Waals surface area contributed by atoms with Gasteiger partial charge in [0.25, 0.3) is 0 Å². The van der Waals surface area contributed by atoms with Crippen molar-refractivity contribution in [1.29, 1.82) is 0 Å². The normalized spacial score (nSPS) is 17.2. The van der Waals surface area contributed by atoms with Gasteiger partial charge >= 0.3 is 0 Å². The van der Waals surface area contributed by atoms with Crippen molar-refractivity contribution < 1.29 is 4.79 Å². The molecule has 1 fully saturated rings. The molecule has 1 saturated carbocycles. The van der Waals surface area contributed by atoms with Crippen molar-refractivity contribution in [3.63, 3.8) is 0 Å². The third kappa shape index (κ3) is 3.17. The molecule has 16 heavy (non-hydrogen) atoms. The fraction of sp³-hybridized carbons (Fsp3) is 0.462. The van der Waals surface area contributed by atoms with Gasteiger partial charge in [-0.15, -0.1) is 0 Å². The minimum absolute atomic E-state index is 0.0197. The molecule has 1 aliphatic carbocycles. The molecule has 1 unspecified atom stereocenters. The zero-order chi connectivity index (χ0) is 11.7. The van der Waals surface area contributed by atoms with Crippen LogP contribution in [0.3, 0.4) is 0 Å². The molecule has 1 atom stereocenters. The van der Waals surface area contributed by atoms with Gasteiger partial charge in [-0.3, -0.25) is 4.79 Å². The molecule has 1 nitrogen and oxygen atoms in total. The van der Waals surface area contributed by atoms with Crippen molar-refractivity contribution in [3.8, 4) is 0 Å². The largest absolute Gasteiger partial charge is 0.298 e. The molecular formula is C13H14Br2O. The van der Waals surface area contributed by atoms with E-state index >= 15 is 0 Å². The van der Waals surface area contributed by atoms with Gasteiger partial charge in [-0.25, -0.2) is 0 Å². The van der Waals surface area contributed by atoms with E-state index in [0.29, 0.717) is 11.7 Å². The third-order valence-electron chi connectivity index (χ3n) is 2.81. The second-order valence-electron chi connectivity index (χ2n) is 4.49. The van der Waals surface area contributed by atoms with Crippen molar-refractivity contribution in [2.24, 2.45) is 5.92 Å². The topological polar surface area (TPSA) is 17.1 Å². The molecule has 0 bridgehead atoms. The van der Waals surface area contributed by atoms with Crippen molar-refractivity contribution >= 4 is 37.6 Å². The first-order valence-corrected chi connectivity index (χ1v) is 7.21. The smallest absolute Gasteiger partial charge is 0.149 e. The van der Waals surface area contributed by atoms with Crippen LogP contribution in [0.2, 0.25) is 0 Å². The maximum atomic E-state index is 11.8. The van der Waals surface area contributed by atoms with Crippen LogP contribution >= 0.6 is 31.9 Å². The number of Topliss-reactive ketones (excluding diaryl/α,β-unsaturated/α-hetero) is 1. The quantitative estimate of drug-likeness (QED) is 0.752. The number of benzene rings is 1. The molecule has 3 heteroatoms. The van der Waals surface area contributed by atoms with Crippen LogP contribution in [0.5, 0.6) is 0 Å². The van der Waals surface area contributed by atoms with Gasteiger partial charge in [-0.05, 0) is 49.4 Å². The Labute approximate surface area is 113 Å². The number of alkyl halides is 1.